The average molecular weight is 217 g/mol. The van der Waals surface area contributed by atoms with Gasteiger partial charge in [-0.05, 0) is 18.4 Å². The van der Waals surface area contributed by atoms with Gasteiger partial charge in [-0.2, -0.15) is 0 Å². The summed E-state index contributed by atoms with van der Waals surface area (Å²) in [6.07, 6.45) is 0. The van der Waals surface area contributed by atoms with E-state index in [0.29, 0.717) is 5.71 Å². The number of benzene rings is 1. The molecule has 1 N–H and O–H groups in total. The number of oxime groups is 1. The molecule has 0 amide bonds. The largest absolute Gasteiger partial charge is 0.410 e. The van der Waals surface area contributed by atoms with Crippen LogP contribution in [0.3, 0.4) is 0 Å². The minimum absolute atomic E-state index is 0.630. The molecule has 1 heterocycles. The molecule has 2 nitrogen and oxygen atoms in total. The van der Waals surface area contributed by atoms with Crippen molar-refractivity contribution in [3.8, 4) is 0 Å². The molecular formula is C12H11NOS. The molecule has 0 atom stereocenters. The zero-order valence-electron chi connectivity index (χ0n) is 8.34. The second kappa shape index (κ2) is 4.28. The Labute approximate surface area is 92.5 Å². The molecule has 0 bridgehead atoms. The molecule has 0 saturated carbocycles. The van der Waals surface area contributed by atoms with Crippen molar-refractivity contribution >= 4 is 17.0 Å². The number of hydrogen-bond donors (Lipinski definition) is 1. The van der Waals surface area contributed by atoms with Crippen LogP contribution in [0, 0.1) is 6.92 Å². The fourth-order valence-electron chi connectivity index (χ4n) is 1.37. The lowest BCUT2D eigenvalue weighted by Gasteiger charge is -2.02. The molecule has 1 aromatic carbocycles. The van der Waals surface area contributed by atoms with Crippen LogP contribution < -0.4 is 0 Å². The summed E-state index contributed by atoms with van der Waals surface area (Å²) < 4.78 is 0. The minimum atomic E-state index is 0.630. The summed E-state index contributed by atoms with van der Waals surface area (Å²) in [4.78, 5) is 0.973. The van der Waals surface area contributed by atoms with Crippen LogP contribution in [0.1, 0.15) is 16.0 Å². The number of aryl methyl sites for hydroxylation is 1. The van der Waals surface area contributed by atoms with Crippen LogP contribution in [0.5, 0.6) is 0 Å². The Morgan fingerprint density at radius 3 is 2.47 bits per heavy atom. The quantitative estimate of drug-likeness (QED) is 0.467. The van der Waals surface area contributed by atoms with E-state index >= 15 is 0 Å². The normalized spacial score (nSPS) is 11.7. The maximum atomic E-state index is 9.02. The molecule has 3 heteroatoms. The van der Waals surface area contributed by atoms with Crippen molar-refractivity contribution in [1.82, 2.24) is 0 Å². The van der Waals surface area contributed by atoms with E-state index in [0.717, 1.165) is 10.4 Å². The Hall–Kier alpha value is -1.61. The van der Waals surface area contributed by atoms with Gasteiger partial charge in [0.05, 0.1) is 4.88 Å². The smallest absolute Gasteiger partial charge is 0.127 e. The third-order valence-electron chi connectivity index (χ3n) is 2.18. The highest BCUT2D eigenvalue weighted by Crippen LogP contribution is 2.16. The van der Waals surface area contributed by atoms with Gasteiger partial charge in [-0.3, -0.25) is 0 Å². The third-order valence-corrected chi connectivity index (χ3v) is 3.06. The molecule has 76 valence electrons. The molecule has 0 aliphatic carbocycles. The maximum absolute atomic E-state index is 9.02. The second-order valence-corrected chi connectivity index (χ2v) is 4.24. The van der Waals surface area contributed by atoms with Gasteiger partial charge in [0.2, 0.25) is 0 Å². The van der Waals surface area contributed by atoms with E-state index in [2.05, 4.69) is 5.16 Å². The summed E-state index contributed by atoms with van der Waals surface area (Å²) in [5.41, 5.74) is 2.76. The molecule has 15 heavy (non-hydrogen) atoms. The summed E-state index contributed by atoms with van der Waals surface area (Å²) in [6, 6.07) is 11.8. The van der Waals surface area contributed by atoms with Crippen molar-refractivity contribution in [3.05, 3.63) is 57.8 Å². The minimum Gasteiger partial charge on any atom is -0.410 e. The lowest BCUT2D eigenvalue weighted by Crippen LogP contribution is -2.00. The van der Waals surface area contributed by atoms with Gasteiger partial charge in [-0.15, -0.1) is 11.3 Å². The first-order valence-corrected chi connectivity index (χ1v) is 5.52. The fourth-order valence-corrected chi connectivity index (χ4v) is 2.11. The molecule has 0 saturated heterocycles. The van der Waals surface area contributed by atoms with Crippen molar-refractivity contribution < 1.29 is 5.21 Å². The molecule has 0 fully saturated rings. The summed E-state index contributed by atoms with van der Waals surface area (Å²) >= 11 is 1.56. The first-order valence-electron chi connectivity index (χ1n) is 4.64. The van der Waals surface area contributed by atoms with Crippen molar-refractivity contribution in [3.63, 3.8) is 0 Å². The van der Waals surface area contributed by atoms with Gasteiger partial charge in [0, 0.05) is 5.56 Å². The van der Waals surface area contributed by atoms with E-state index in [9.17, 15) is 0 Å². The van der Waals surface area contributed by atoms with Gasteiger partial charge in [-0.25, -0.2) is 0 Å². The number of nitrogens with zero attached hydrogens (tertiary/aromatic N) is 1. The van der Waals surface area contributed by atoms with Gasteiger partial charge in [-0.1, -0.05) is 41.1 Å². The molecule has 2 aromatic rings. The van der Waals surface area contributed by atoms with Gasteiger partial charge in [0.15, 0.2) is 0 Å². The van der Waals surface area contributed by atoms with Crippen LogP contribution in [0.2, 0.25) is 0 Å². The third kappa shape index (κ3) is 2.07. The monoisotopic (exact) mass is 217 g/mol. The Bertz CT molecular complexity index is 457. The molecule has 1 aromatic heterocycles. The first kappa shape index (κ1) is 9.93. The predicted octanol–water partition coefficient (Wildman–Crippen LogP) is 3.28. The first-order chi connectivity index (χ1) is 7.31. The highest BCUT2D eigenvalue weighted by Gasteiger charge is 2.07. The number of thiophene rings is 1. The highest BCUT2D eigenvalue weighted by molar-refractivity contribution is 7.12. The topological polar surface area (TPSA) is 32.6 Å². The van der Waals surface area contributed by atoms with E-state index in [4.69, 9.17) is 5.21 Å². The standard InChI is InChI=1S/C12H11NOS/c1-9-4-6-10(7-5-9)12(13-14)11-3-2-8-15-11/h2-8,14H,1H3/b13-12+. The SMILES string of the molecule is Cc1ccc(/C(=N\O)c2cccs2)cc1. The van der Waals surface area contributed by atoms with Crippen LogP contribution in [0.15, 0.2) is 46.9 Å². The Balaban J connectivity index is 2.41. The van der Waals surface area contributed by atoms with E-state index in [1.165, 1.54) is 5.56 Å². The lowest BCUT2D eigenvalue weighted by atomic mass is 10.1. The molecule has 2 rings (SSSR count). The zero-order valence-corrected chi connectivity index (χ0v) is 9.16. The average Bonchev–Trinajstić information content (AvgIpc) is 2.75. The van der Waals surface area contributed by atoms with Crippen LogP contribution in [0.25, 0.3) is 0 Å². The second-order valence-electron chi connectivity index (χ2n) is 3.29. The van der Waals surface area contributed by atoms with E-state index in [-0.39, 0.29) is 0 Å². The molecular weight excluding hydrogens is 206 g/mol. The van der Waals surface area contributed by atoms with Crippen LogP contribution in [-0.4, -0.2) is 10.9 Å². The van der Waals surface area contributed by atoms with Crippen molar-refractivity contribution in [2.24, 2.45) is 5.16 Å². The molecule has 0 radical (unpaired) electrons. The van der Waals surface area contributed by atoms with Crippen LogP contribution >= 0.6 is 11.3 Å². The predicted molar refractivity (Wildman–Crippen MR) is 62.9 cm³/mol. The Morgan fingerprint density at radius 2 is 1.93 bits per heavy atom. The van der Waals surface area contributed by atoms with Gasteiger partial charge < -0.3 is 5.21 Å². The van der Waals surface area contributed by atoms with Crippen LogP contribution in [0.4, 0.5) is 0 Å². The van der Waals surface area contributed by atoms with Crippen LogP contribution in [-0.2, 0) is 0 Å². The number of rotatable bonds is 2. The molecule has 0 aliphatic heterocycles. The fraction of sp³-hybridized carbons (Fsp3) is 0.0833. The molecule has 0 spiro atoms. The van der Waals surface area contributed by atoms with Gasteiger partial charge >= 0.3 is 0 Å². The van der Waals surface area contributed by atoms with Gasteiger partial charge in [0.25, 0.3) is 0 Å². The Morgan fingerprint density at radius 1 is 1.20 bits per heavy atom. The summed E-state index contributed by atoms with van der Waals surface area (Å²) in [6.45, 7) is 2.03. The van der Waals surface area contributed by atoms with E-state index < -0.39 is 0 Å². The highest BCUT2D eigenvalue weighted by atomic mass is 32.1. The molecule has 0 aliphatic rings. The van der Waals surface area contributed by atoms with Crippen molar-refractivity contribution in [1.29, 1.82) is 0 Å². The van der Waals surface area contributed by atoms with Crippen molar-refractivity contribution in [2.45, 2.75) is 6.92 Å². The van der Waals surface area contributed by atoms with Crippen molar-refractivity contribution in [2.75, 3.05) is 0 Å². The maximum Gasteiger partial charge on any atom is 0.127 e. The zero-order chi connectivity index (χ0) is 10.7. The molecule has 0 unspecified atom stereocenters. The lowest BCUT2D eigenvalue weighted by molar-refractivity contribution is 0.320. The van der Waals surface area contributed by atoms with E-state index in [1.54, 1.807) is 11.3 Å². The summed E-state index contributed by atoms with van der Waals surface area (Å²) in [5, 5.41) is 14.3. The van der Waals surface area contributed by atoms with Gasteiger partial charge in [0.1, 0.15) is 5.71 Å². The number of hydrogen-bond acceptors (Lipinski definition) is 3. The summed E-state index contributed by atoms with van der Waals surface area (Å²) in [5.74, 6) is 0. The van der Waals surface area contributed by atoms with E-state index in [1.807, 2.05) is 48.7 Å². The summed E-state index contributed by atoms with van der Waals surface area (Å²) in [7, 11) is 0. The Kier molecular flexibility index (Phi) is 2.83.